The molecule has 0 saturated heterocycles. The van der Waals surface area contributed by atoms with Gasteiger partial charge in [-0.05, 0) is 44.7 Å². The quantitative estimate of drug-likeness (QED) is 0.450. The molecule has 3 N–H and O–H groups in total. The molecule has 0 spiro atoms. The number of methoxy groups -OCH3 is 1. The Balaban J connectivity index is 2.06. The number of allylic oxidation sites excluding steroid dienone is 1. The first kappa shape index (κ1) is 21.4. The fourth-order valence-corrected chi connectivity index (χ4v) is 3.48. The first-order chi connectivity index (χ1) is 13.7. The van der Waals surface area contributed by atoms with E-state index in [4.69, 9.17) is 14.9 Å². The molecule has 160 valence electrons. The lowest BCUT2D eigenvalue weighted by Gasteiger charge is -2.40. The zero-order chi connectivity index (χ0) is 21.2. The van der Waals surface area contributed by atoms with Crippen LogP contribution in [0.5, 0.6) is 5.75 Å². The summed E-state index contributed by atoms with van der Waals surface area (Å²) in [6.45, 7) is 0.484. The Labute approximate surface area is 167 Å². The van der Waals surface area contributed by atoms with Gasteiger partial charge in [0.15, 0.2) is 6.61 Å². The number of halogens is 3. The van der Waals surface area contributed by atoms with Crippen molar-refractivity contribution in [1.29, 1.82) is 5.41 Å². The zero-order valence-electron chi connectivity index (χ0n) is 16.4. The lowest BCUT2D eigenvalue weighted by Crippen LogP contribution is -2.46. The Morgan fingerprint density at radius 3 is 2.69 bits per heavy atom. The van der Waals surface area contributed by atoms with E-state index in [0.717, 1.165) is 19.1 Å². The summed E-state index contributed by atoms with van der Waals surface area (Å²) in [6.07, 6.45) is 0.213. The number of fused-ring (bicyclic) bond motifs is 1. The lowest BCUT2D eigenvalue weighted by atomic mass is 9.92. The Morgan fingerprint density at radius 1 is 1.38 bits per heavy atom. The van der Waals surface area contributed by atoms with Crippen molar-refractivity contribution in [2.75, 3.05) is 18.6 Å². The molecular weight excluding hydrogens is 387 g/mol. The highest BCUT2D eigenvalue weighted by atomic mass is 19.4. The van der Waals surface area contributed by atoms with Gasteiger partial charge >= 0.3 is 6.18 Å². The van der Waals surface area contributed by atoms with Crippen molar-refractivity contribution >= 4 is 17.5 Å². The van der Waals surface area contributed by atoms with Crippen molar-refractivity contribution in [1.82, 2.24) is 5.32 Å². The number of aliphatic hydroxyl groups is 1. The summed E-state index contributed by atoms with van der Waals surface area (Å²) < 4.78 is 49.0. The van der Waals surface area contributed by atoms with E-state index in [0.29, 0.717) is 41.3 Å². The third-order valence-electron chi connectivity index (χ3n) is 5.15. The average molecular weight is 413 g/mol. The Morgan fingerprint density at radius 2 is 2.10 bits per heavy atom. The molecule has 1 aliphatic heterocycles. The first-order valence-electron chi connectivity index (χ1n) is 9.57. The highest BCUT2D eigenvalue weighted by Crippen LogP contribution is 2.42. The second-order valence-electron chi connectivity index (χ2n) is 7.39. The fraction of sp³-hybridized carbons (Fsp3) is 0.550. The van der Waals surface area contributed by atoms with E-state index >= 15 is 0 Å². The molecule has 0 bridgehead atoms. The minimum absolute atomic E-state index is 0.0620. The van der Waals surface area contributed by atoms with E-state index in [9.17, 15) is 18.3 Å². The third-order valence-corrected chi connectivity index (χ3v) is 5.15. The van der Waals surface area contributed by atoms with Crippen molar-refractivity contribution in [3.63, 3.8) is 0 Å². The van der Waals surface area contributed by atoms with Gasteiger partial charge in [0.1, 0.15) is 5.75 Å². The zero-order valence-corrected chi connectivity index (χ0v) is 16.4. The monoisotopic (exact) mass is 413 g/mol. The second kappa shape index (κ2) is 8.62. The summed E-state index contributed by atoms with van der Waals surface area (Å²) in [7, 11) is 1.36. The van der Waals surface area contributed by atoms with E-state index < -0.39 is 19.2 Å². The average Bonchev–Trinajstić information content (AvgIpc) is 3.50. The molecule has 1 heterocycles. The van der Waals surface area contributed by atoms with Gasteiger partial charge in [0.25, 0.3) is 0 Å². The Bertz CT molecular complexity index is 778. The minimum atomic E-state index is -4.49. The van der Waals surface area contributed by atoms with Crippen LogP contribution in [-0.2, 0) is 11.2 Å². The van der Waals surface area contributed by atoms with Gasteiger partial charge in [0, 0.05) is 54.0 Å². The first-order valence-corrected chi connectivity index (χ1v) is 9.57. The molecule has 0 radical (unpaired) electrons. The highest BCUT2D eigenvalue weighted by molar-refractivity contribution is 6.09. The number of nitrogens with one attached hydrogen (secondary N) is 2. The molecule has 6 nitrogen and oxygen atoms in total. The van der Waals surface area contributed by atoms with Crippen molar-refractivity contribution in [3.8, 4) is 5.75 Å². The lowest BCUT2D eigenvalue weighted by molar-refractivity contribution is -0.153. The van der Waals surface area contributed by atoms with E-state index in [-0.39, 0.29) is 11.8 Å². The van der Waals surface area contributed by atoms with Gasteiger partial charge in [-0.1, -0.05) is 0 Å². The number of hydrogen-bond acceptors (Lipinski definition) is 6. The van der Waals surface area contributed by atoms with Crippen LogP contribution in [0.3, 0.4) is 0 Å². The molecule has 0 amide bonds. The third kappa shape index (κ3) is 5.02. The molecule has 0 aromatic heterocycles. The van der Waals surface area contributed by atoms with Crippen LogP contribution in [0.25, 0.3) is 5.57 Å². The predicted molar refractivity (Wildman–Crippen MR) is 104 cm³/mol. The standard InChI is InChI=1S/C20H26F3N3O3/c1-12-3-6-16-17(26(12)19(27)28-2)8-7-15(18(16)29-11-20(21,22)23)13(9-24)10-25-14-4-5-14/h7-10,12,14,19,24-25,27H,3-6,11H2,1-2H3/b13-10+,24-9?/t12-,19?/m0/s1. The van der Waals surface area contributed by atoms with Crippen LogP contribution in [0.1, 0.15) is 37.3 Å². The SMILES string of the molecule is COC(O)N1c2ccc(/C(C=N)=C/NC3CC3)c(OCC(F)(F)F)c2CC[C@@H]1C. The van der Waals surface area contributed by atoms with Gasteiger partial charge in [-0.15, -0.1) is 0 Å². The molecule has 3 rings (SSSR count). The van der Waals surface area contributed by atoms with E-state index in [1.807, 2.05) is 6.92 Å². The van der Waals surface area contributed by atoms with Crippen LogP contribution >= 0.6 is 0 Å². The van der Waals surface area contributed by atoms with Crippen molar-refractivity contribution in [2.24, 2.45) is 0 Å². The Kier molecular flexibility index (Phi) is 6.38. The topological polar surface area (TPSA) is 77.8 Å². The smallest absolute Gasteiger partial charge is 0.422 e. The predicted octanol–water partition coefficient (Wildman–Crippen LogP) is 3.43. The summed E-state index contributed by atoms with van der Waals surface area (Å²) in [4.78, 5) is 1.62. The van der Waals surface area contributed by atoms with Gasteiger partial charge in [0.2, 0.25) is 6.41 Å². The van der Waals surface area contributed by atoms with Crippen LogP contribution in [0.4, 0.5) is 18.9 Å². The number of anilines is 1. The van der Waals surface area contributed by atoms with Gasteiger partial charge in [-0.2, -0.15) is 13.2 Å². The summed E-state index contributed by atoms with van der Waals surface area (Å²) >= 11 is 0. The number of hydrogen-bond donors (Lipinski definition) is 3. The highest BCUT2D eigenvalue weighted by Gasteiger charge is 2.34. The van der Waals surface area contributed by atoms with Crippen molar-refractivity contribution in [3.05, 3.63) is 29.5 Å². The molecule has 2 aliphatic rings. The summed E-state index contributed by atoms with van der Waals surface area (Å²) in [5, 5.41) is 21.2. The molecule has 9 heteroatoms. The molecular formula is C20H26F3N3O3. The number of aliphatic hydroxyl groups excluding tert-OH is 1. The van der Waals surface area contributed by atoms with Crippen LogP contribution in [0.2, 0.25) is 0 Å². The van der Waals surface area contributed by atoms with Crippen molar-refractivity contribution < 1.29 is 27.8 Å². The van der Waals surface area contributed by atoms with Gasteiger partial charge in [-0.3, -0.25) is 0 Å². The minimum Gasteiger partial charge on any atom is -0.483 e. The second-order valence-corrected chi connectivity index (χ2v) is 7.39. The maximum Gasteiger partial charge on any atom is 0.422 e. The van der Waals surface area contributed by atoms with E-state index in [1.54, 1.807) is 23.2 Å². The Hall–Kier alpha value is -2.26. The van der Waals surface area contributed by atoms with Gasteiger partial charge < -0.3 is 30.2 Å². The number of rotatable bonds is 8. The van der Waals surface area contributed by atoms with Crippen LogP contribution in [0, 0.1) is 5.41 Å². The normalized spacial score (nSPS) is 20.8. The number of alkyl halides is 3. The van der Waals surface area contributed by atoms with Crippen LogP contribution in [-0.4, -0.2) is 49.7 Å². The molecule has 29 heavy (non-hydrogen) atoms. The summed E-state index contributed by atoms with van der Waals surface area (Å²) in [5.74, 6) is 0.0902. The maximum atomic E-state index is 12.9. The molecule has 1 unspecified atom stereocenters. The molecule has 1 aliphatic carbocycles. The summed E-state index contributed by atoms with van der Waals surface area (Å²) in [6, 6.07) is 3.64. The van der Waals surface area contributed by atoms with Crippen LogP contribution < -0.4 is 15.0 Å². The molecule has 1 aromatic rings. The molecule has 1 saturated carbocycles. The van der Waals surface area contributed by atoms with Crippen molar-refractivity contribution in [2.45, 2.75) is 57.3 Å². The molecule has 1 fully saturated rings. The summed E-state index contributed by atoms with van der Waals surface area (Å²) in [5.41, 5.74) is 1.99. The van der Waals surface area contributed by atoms with E-state index in [1.165, 1.54) is 7.11 Å². The maximum absolute atomic E-state index is 12.9. The van der Waals surface area contributed by atoms with Crippen LogP contribution in [0.15, 0.2) is 18.3 Å². The molecule has 1 aromatic carbocycles. The number of benzene rings is 1. The van der Waals surface area contributed by atoms with Gasteiger partial charge in [0.05, 0.1) is 0 Å². The fourth-order valence-electron chi connectivity index (χ4n) is 3.48. The number of ether oxygens (including phenoxy) is 2. The number of nitrogens with zero attached hydrogens (tertiary/aromatic N) is 1. The van der Waals surface area contributed by atoms with E-state index in [2.05, 4.69) is 5.32 Å². The molecule has 2 atom stereocenters. The largest absolute Gasteiger partial charge is 0.483 e. The van der Waals surface area contributed by atoms with Gasteiger partial charge in [-0.25, -0.2) is 0 Å².